The Morgan fingerprint density at radius 3 is 2.30 bits per heavy atom. The van der Waals surface area contributed by atoms with E-state index in [1.165, 1.54) is 18.7 Å². The van der Waals surface area contributed by atoms with E-state index in [2.05, 4.69) is 9.46 Å². The number of halogens is 3. The van der Waals surface area contributed by atoms with Crippen LogP contribution in [0.1, 0.15) is 13.3 Å². The van der Waals surface area contributed by atoms with Crippen LogP contribution in [0.2, 0.25) is 0 Å². The highest BCUT2D eigenvalue weighted by atomic mass is 32.2. The first kappa shape index (κ1) is 20.1. The minimum absolute atomic E-state index is 0.198. The number of benzene rings is 1. The van der Waals surface area contributed by atoms with E-state index < -0.39 is 27.7 Å². The van der Waals surface area contributed by atoms with Gasteiger partial charge in [0.2, 0.25) is 10.0 Å². The van der Waals surface area contributed by atoms with E-state index in [1.807, 2.05) is 6.26 Å². The van der Waals surface area contributed by atoms with Gasteiger partial charge in [-0.3, -0.25) is 0 Å². The van der Waals surface area contributed by atoms with Crippen LogP contribution in [0.5, 0.6) is 5.75 Å². The third-order valence-corrected chi connectivity index (χ3v) is 4.88. The summed E-state index contributed by atoms with van der Waals surface area (Å²) in [6.07, 6.45) is -2.57. The SMILES string of the molecule is CSCC[C@](C)(O)CNS(=O)(=O)c1ccc(OC(F)(F)F)cc1. The summed E-state index contributed by atoms with van der Waals surface area (Å²) in [6, 6.07) is 3.82. The Labute approximate surface area is 137 Å². The van der Waals surface area contributed by atoms with Gasteiger partial charge in [-0.05, 0) is 49.6 Å². The van der Waals surface area contributed by atoms with Crippen molar-refractivity contribution in [2.75, 3.05) is 18.6 Å². The molecule has 0 fully saturated rings. The Morgan fingerprint density at radius 2 is 1.83 bits per heavy atom. The van der Waals surface area contributed by atoms with Crippen LogP contribution < -0.4 is 9.46 Å². The van der Waals surface area contributed by atoms with Crippen LogP contribution in [0.3, 0.4) is 0 Å². The Kier molecular flexibility index (Phi) is 6.75. The van der Waals surface area contributed by atoms with E-state index in [9.17, 15) is 26.7 Å². The minimum atomic E-state index is -4.84. The standard InChI is InChI=1S/C13H18F3NO4S2/c1-12(18,7-8-22-2)9-17-23(19,20)11-5-3-10(4-6-11)21-13(14,15)16/h3-6,17-18H,7-9H2,1-2H3/t12-/m0/s1. The summed E-state index contributed by atoms with van der Waals surface area (Å²) in [7, 11) is -3.93. The van der Waals surface area contributed by atoms with E-state index in [0.29, 0.717) is 12.2 Å². The van der Waals surface area contributed by atoms with Gasteiger partial charge in [0.15, 0.2) is 0 Å². The molecule has 0 aliphatic carbocycles. The van der Waals surface area contributed by atoms with Crippen LogP contribution in [0, 0.1) is 0 Å². The summed E-state index contributed by atoms with van der Waals surface area (Å²) in [5.41, 5.74) is -1.21. The first-order valence-corrected chi connectivity index (χ1v) is 9.40. The van der Waals surface area contributed by atoms with Gasteiger partial charge in [0.25, 0.3) is 0 Å². The minimum Gasteiger partial charge on any atom is -0.406 e. The van der Waals surface area contributed by atoms with Gasteiger partial charge in [0, 0.05) is 6.54 Å². The Hall–Kier alpha value is -0.970. The predicted octanol–water partition coefficient (Wildman–Crippen LogP) is 2.37. The maximum Gasteiger partial charge on any atom is 0.573 e. The second kappa shape index (κ2) is 7.73. The number of aliphatic hydroxyl groups is 1. The van der Waals surface area contributed by atoms with Crippen molar-refractivity contribution in [3.05, 3.63) is 24.3 Å². The van der Waals surface area contributed by atoms with Gasteiger partial charge in [-0.15, -0.1) is 13.2 Å². The van der Waals surface area contributed by atoms with E-state index in [0.717, 1.165) is 24.3 Å². The van der Waals surface area contributed by atoms with Crippen LogP contribution >= 0.6 is 11.8 Å². The second-order valence-electron chi connectivity index (χ2n) is 5.08. The Bertz CT molecular complexity index is 601. The maximum atomic E-state index is 12.1. The van der Waals surface area contributed by atoms with Crippen LogP contribution in [0.4, 0.5) is 13.2 Å². The molecule has 0 amide bonds. The molecule has 0 heterocycles. The van der Waals surface area contributed by atoms with E-state index in [-0.39, 0.29) is 11.4 Å². The zero-order valence-corrected chi connectivity index (χ0v) is 14.2. The Morgan fingerprint density at radius 1 is 1.26 bits per heavy atom. The summed E-state index contributed by atoms with van der Waals surface area (Å²) in [6.45, 7) is 1.31. The molecule has 0 unspecified atom stereocenters. The quantitative estimate of drug-likeness (QED) is 0.732. The average molecular weight is 373 g/mol. The fraction of sp³-hybridized carbons (Fsp3) is 0.538. The highest BCUT2D eigenvalue weighted by Gasteiger charge is 2.31. The molecule has 0 aromatic heterocycles. The molecule has 0 aliphatic heterocycles. The van der Waals surface area contributed by atoms with E-state index in [1.54, 1.807) is 0 Å². The molecule has 0 radical (unpaired) electrons. The van der Waals surface area contributed by atoms with Gasteiger partial charge in [-0.2, -0.15) is 11.8 Å². The normalized spacial score (nSPS) is 15.2. The fourth-order valence-corrected chi connectivity index (χ4v) is 3.37. The summed E-state index contributed by atoms with van der Waals surface area (Å²) in [5.74, 6) is 0.154. The molecule has 5 nitrogen and oxygen atoms in total. The average Bonchev–Trinajstić information content (AvgIpc) is 2.42. The van der Waals surface area contributed by atoms with Crippen molar-refractivity contribution in [1.29, 1.82) is 0 Å². The van der Waals surface area contributed by atoms with Crippen molar-refractivity contribution in [1.82, 2.24) is 4.72 Å². The van der Waals surface area contributed by atoms with Gasteiger partial charge in [-0.25, -0.2) is 13.1 Å². The molecule has 23 heavy (non-hydrogen) atoms. The third-order valence-electron chi connectivity index (χ3n) is 2.86. The van der Waals surface area contributed by atoms with Crippen LogP contribution in [0.25, 0.3) is 0 Å². The number of alkyl halides is 3. The van der Waals surface area contributed by atoms with E-state index >= 15 is 0 Å². The first-order chi connectivity index (χ1) is 10.5. The lowest BCUT2D eigenvalue weighted by Crippen LogP contribution is -2.41. The number of hydrogen-bond acceptors (Lipinski definition) is 5. The lowest BCUT2D eigenvalue weighted by Gasteiger charge is -2.23. The molecule has 1 atom stereocenters. The highest BCUT2D eigenvalue weighted by Crippen LogP contribution is 2.24. The maximum absolute atomic E-state index is 12.1. The van der Waals surface area contributed by atoms with Crippen molar-refractivity contribution in [2.45, 2.75) is 30.2 Å². The molecular formula is C13H18F3NO4S2. The summed E-state index contributed by atoms with van der Waals surface area (Å²) >= 11 is 1.52. The van der Waals surface area contributed by atoms with Gasteiger partial charge in [-0.1, -0.05) is 0 Å². The van der Waals surface area contributed by atoms with Crippen LogP contribution in [-0.4, -0.2) is 44.0 Å². The number of nitrogens with one attached hydrogen (secondary N) is 1. The molecular weight excluding hydrogens is 355 g/mol. The van der Waals surface area contributed by atoms with Crippen molar-refractivity contribution in [3.8, 4) is 5.75 Å². The molecule has 1 rings (SSSR count). The summed E-state index contributed by atoms with van der Waals surface area (Å²) in [4.78, 5) is -0.215. The van der Waals surface area contributed by atoms with Gasteiger partial charge in [0.05, 0.1) is 10.5 Å². The topological polar surface area (TPSA) is 75.6 Å². The molecule has 0 saturated heterocycles. The Balaban J connectivity index is 2.73. The highest BCUT2D eigenvalue weighted by molar-refractivity contribution is 7.98. The van der Waals surface area contributed by atoms with Gasteiger partial charge >= 0.3 is 6.36 Å². The number of hydrogen-bond donors (Lipinski definition) is 2. The molecule has 1 aromatic rings. The summed E-state index contributed by atoms with van der Waals surface area (Å²) in [5, 5.41) is 10.0. The van der Waals surface area contributed by atoms with Gasteiger partial charge < -0.3 is 9.84 Å². The van der Waals surface area contributed by atoms with Crippen LogP contribution in [0.15, 0.2) is 29.2 Å². The van der Waals surface area contributed by atoms with Crippen molar-refractivity contribution in [2.24, 2.45) is 0 Å². The first-order valence-electron chi connectivity index (χ1n) is 6.52. The van der Waals surface area contributed by atoms with Gasteiger partial charge in [0.1, 0.15) is 5.75 Å². The van der Waals surface area contributed by atoms with Crippen LogP contribution in [-0.2, 0) is 10.0 Å². The number of rotatable bonds is 8. The van der Waals surface area contributed by atoms with E-state index in [4.69, 9.17) is 0 Å². The lowest BCUT2D eigenvalue weighted by atomic mass is 10.1. The monoisotopic (exact) mass is 373 g/mol. The van der Waals surface area contributed by atoms with Crippen molar-refractivity contribution < 1.29 is 31.4 Å². The number of sulfonamides is 1. The zero-order chi connectivity index (χ0) is 17.7. The summed E-state index contributed by atoms with van der Waals surface area (Å²) < 4.78 is 66.2. The second-order valence-corrected chi connectivity index (χ2v) is 7.84. The molecule has 1 aromatic carbocycles. The predicted molar refractivity (Wildman–Crippen MR) is 81.9 cm³/mol. The molecule has 0 aliphatic rings. The number of ether oxygens (including phenoxy) is 1. The number of thioether (sulfide) groups is 1. The molecule has 10 heteroatoms. The van der Waals surface area contributed by atoms with Crippen molar-refractivity contribution in [3.63, 3.8) is 0 Å². The fourth-order valence-electron chi connectivity index (χ4n) is 1.56. The van der Waals surface area contributed by atoms with Crippen molar-refractivity contribution >= 4 is 21.8 Å². The zero-order valence-electron chi connectivity index (χ0n) is 12.6. The molecule has 0 bridgehead atoms. The smallest absolute Gasteiger partial charge is 0.406 e. The molecule has 0 spiro atoms. The third kappa shape index (κ3) is 7.42. The largest absolute Gasteiger partial charge is 0.573 e. The molecule has 132 valence electrons. The molecule has 2 N–H and O–H groups in total. The lowest BCUT2D eigenvalue weighted by molar-refractivity contribution is -0.274. The molecule has 0 saturated carbocycles.